The molecule has 1 aliphatic heterocycles. The van der Waals surface area contributed by atoms with E-state index in [1.54, 1.807) is 7.05 Å². The highest BCUT2D eigenvalue weighted by atomic mass is 16.5. The SMILES string of the molecule is CNC(=O)CCCOCCC1CCNC1. The van der Waals surface area contributed by atoms with E-state index in [9.17, 15) is 4.79 Å². The fraction of sp³-hybridized carbons (Fsp3) is 0.909. The highest BCUT2D eigenvalue weighted by Crippen LogP contribution is 2.11. The number of hydrogen-bond donors (Lipinski definition) is 2. The van der Waals surface area contributed by atoms with Crippen molar-refractivity contribution in [2.24, 2.45) is 5.92 Å². The van der Waals surface area contributed by atoms with Crippen LogP contribution in [0.5, 0.6) is 0 Å². The summed E-state index contributed by atoms with van der Waals surface area (Å²) in [6.45, 7) is 3.83. The van der Waals surface area contributed by atoms with Crippen molar-refractivity contribution in [1.82, 2.24) is 10.6 Å². The van der Waals surface area contributed by atoms with E-state index in [0.29, 0.717) is 13.0 Å². The van der Waals surface area contributed by atoms with Crippen molar-refractivity contribution in [2.45, 2.75) is 25.7 Å². The van der Waals surface area contributed by atoms with Gasteiger partial charge in [0.25, 0.3) is 0 Å². The van der Waals surface area contributed by atoms with Gasteiger partial charge in [-0.15, -0.1) is 0 Å². The summed E-state index contributed by atoms with van der Waals surface area (Å²) in [4.78, 5) is 10.9. The Labute approximate surface area is 91.8 Å². The first-order valence-electron chi connectivity index (χ1n) is 5.82. The van der Waals surface area contributed by atoms with Gasteiger partial charge in [-0.05, 0) is 38.3 Å². The highest BCUT2D eigenvalue weighted by molar-refractivity contribution is 5.75. The van der Waals surface area contributed by atoms with Crippen LogP contribution in [0.3, 0.4) is 0 Å². The van der Waals surface area contributed by atoms with Crippen LogP contribution in [0.25, 0.3) is 0 Å². The summed E-state index contributed by atoms with van der Waals surface area (Å²) in [6.07, 6.45) is 3.82. The Morgan fingerprint density at radius 2 is 2.40 bits per heavy atom. The van der Waals surface area contributed by atoms with E-state index in [4.69, 9.17) is 4.74 Å². The standard InChI is InChI=1S/C11H22N2O2/c1-12-11(14)3-2-7-15-8-5-10-4-6-13-9-10/h10,13H,2-9H2,1H3,(H,12,14). The Morgan fingerprint density at radius 1 is 1.53 bits per heavy atom. The van der Waals surface area contributed by atoms with Crippen molar-refractivity contribution in [2.75, 3.05) is 33.4 Å². The quantitative estimate of drug-likeness (QED) is 0.608. The maximum absolute atomic E-state index is 10.9. The predicted octanol–water partition coefficient (Wildman–Crippen LogP) is 0.529. The summed E-state index contributed by atoms with van der Waals surface area (Å²) >= 11 is 0. The summed E-state index contributed by atoms with van der Waals surface area (Å²) in [5.41, 5.74) is 0. The van der Waals surface area contributed by atoms with Gasteiger partial charge in [-0.2, -0.15) is 0 Å². The Balaban J connectivity index is 1.82. The minimum absolute atomic E-state index is 0.0959. The fourth-order valence-corrected chi connectivity index (χ4v) is 1.77. The Morgan fingerprint density at radius 3 is 3.07 bits per heavy atom. The van der Waals surface area contributed by atoms with Crippen LogP contribution >= 0.6 is 0 Å². The number of amides is 1. The van der Waals surface area contributed by atoms with Crippen molar-refractivity contribution >= 4 is 5.91 Å². The number of carbonyl (C=O) groups excluding carboxylic acids is 1. The molecule has 4 nitrogen and oxygen atoms in total. The van der Waals surface area contributed by atoms with Crippen LogP contribution in [0, 0.1) is 5.92 Å². The summed E-state index contributed by atoms with van der Waals surface area (Å²) < 4.78 is 5.48. The summed E-state index contributed by atoms with van der Waals surface area (Å²) in [7, 11) is 1.66. The predicted molar refractivity (Wildman–Crippen MR) is 59.7 cm³/mol. The lowest BCUT2D eigenvalue weighted by atomic mass is 10.1. The lowest BCUT2D eigenvalue weighted by Crippen LogP contribution is -2.18. The van der Waals surface area contributed by atoms with Gasteiger partial charge in [0.1, 0.15) is 0 Å². The zero-order valence-electron chi connectivity index (χ0n) is 9.55. The number of ether oxygens (including phenoxy) is 1. The molecule has 0 aliphatic carbocycles. The second-order valence-corrected chi connectivity index (χ2v) is 4.04. The van der Waals surface area contributed by atoms with Gasteiger partial charge in [-0.3, -0.25) is 4.79 Å². The van der Waals surface area contributed by atoms with Gasteiger partial charge in [0.15, 0.2) is 0 Å². The van der Waals surface area contributed by atoms with Gasteiger partial charge in [0.2, 0.25) is 5.91 Å². The molecule has 1 amide bonds. The second-order valence-electron chi connectivity index (χ2n) is 4.04. The third-order valence-electron chi connectivity index (χ3n) is 2.80. The molecule has 0 aromatic rings. The highest BCUT2D eigenvalue weighted by Gasteiger charge is 2.13. The lowest BCUT2D eigenvalue weighted by Gasteiger charge is -2.08. The zero-order valence-corrected chi connectivity index (χ0v) is 9.55. The van der Waals surface area contributed by atoms with E-state index in [2.05, 4.69) is 10.6 Å². The molecule has 0 bridgehead atoms. The normalized spacial score (nSPS) is 20.5. The van der Waals surface area contributed by atoms with Gasteiger partial charge in [-0.1, -0.05) is 0 Å². The van der Waals surface area contributed by atoms with Crippen LogP contribution in [0.1, 0.15) is 25.7 Å². The van der Waals surface area contributed by atoms with Gasteiger partial charge in [0, 0.05) is 26.7 Å². The first-order chi connectivity index (χ1) is 7.33. The number of nitrogens with one attached hydrogen (secondary N) is 2. The van der Waals surface area contributed by atoms with E-state index in [1.807, 2.05) is 0 Å². The summed E-state index contributed by atoms with van der Waals surface area (Å²) in [5, 5.41) is 5.94. The molecule has 88 valence electrons. The molecule has 1 heterocycles. The number of hydrogen-bond acceptors (Lipinski definition) is 3. The molecule has 0 aromatic carbocycles. The zero-order chi connectivity index (χ0) is 10.9. The molecule has 0 aromatic heterocycles. The molecule has 0 saturated carbocycles. The van der Waals surface area contributed by atoms with Crippen LogP contribution in [0.4, 0.5) is 0 Å². The van der Waals surface area contributed by atoms with E-state index < -0.39 is 0 Å². The monoisotopic (exact) mass is 214 g/mol. The Bertz CT molecular complexity index is 179. The van der Waals surface area contributed by atoms with Gasteiger partial charge >= 0.3 is 0 Å². The molecular weight excluding hydrogens is 192 g/mol. The van der Waals surface area contributed by atoms with Crippen molar-refractivity contribution in [3.63, 3.8) is 0 Å². The van der Waals surface area contributed by atoms with E-state index >= 15 is 0 Å². The summed E-state index contributed by atoms with van der Waals surface area (Å²) in [6, 6.07) is 0. The van der Waals surface area contributed by atoms with Crippen LogP contribution in [-0.4, -0.2) is 39.3 Å². The largest absolute Gasteiger partial charge is 0.381 e. The van der Waals surface area contributed by atoms with Crippen molar-refractivity contribution < 1.29 is 9.53 Å². The Kier molecular flexibility index (Phi) is 6.36. The fourth-order valence-electron chi connectivity index (χ4n) is 1.77. The molecule has 1 rings (SSSR count). The van der Waals surface area contributed by atoms with Gasteiger partial charge in [0.05, 0.1) is 0 Å². The van der Waals surface area contributed by atoms with Crippen LogP contribution < -0.4 is 10.6 Å². The number of carbonyl (C=O) groups is 1. The molecule has 0 radical (unpaired) electrons. The molecule has 15 heavy (non-hydrogen) atoms. The molecule has 0 spiro atoms. The molecule has 1 atom stereocenters. The molecule has 1 saturated heterocycles. The number of rotatable bonds is 7. The second kappa shape index (κ2) is 7.65. The third kappa shape index (κ3) is 5.74. The van der Waals surface area contributed by atoms with Crippen LogP contribution in [0.2, 0.25) is 0 Å². The van der Waals surface area contributed by atoms with Crippen molar-refractivity contribution in [1.29, 1.82) is 0 Å². The molecular formula is C11H22N2O2. The minimum Gasteiger partial charge on any atom is -0.381 e. The molecule has 1 fully saturated rings. The summed E-state index contributed by atoms with van der Waals surface area (Å²) in [5.74, 6) is 0.891. The maximum atomic E-state index is 10.9. The smallest absolute Gasteiger partial charge is 0.219 e. The van der Waals surface area contributed by atoms with Crippen molar-refractivity contribution in [3.05, 3.63) is 0 Å². The minimum atomic E-state index is 0.0959. The van der Waals surface area contributed by atoms with Gasteiger partial charge < -0.3 is 15.4 Å². The lowest BCUT2D eigenvalue weighted by molar-refractivity contribution is -0.120. The average Bonchev–Trinajstić information content (AvgIpc) is 2.75. The van der Waals surface area contributed by atoms with Crippen molar-refractivity contribution in [3.8, 4) is 0 Å². The van der Waals surface area contributed by atoms with E-state index in [-0.39, 0.29) is 5.91 Å². The third-order valence-corrected chi connectivity index (χ3v) is 2.80. The maximum Gasteiger partial charge on any atom is 0.219 e. The Hall–Kier alpha value is -0.610. The van der Waals surface area contributed by atoms with Crippen LogP contribution in [0.15, 0.2) is 0 Å². The van der Waals surface area contributed by atoms with Gasteiger partial charge in [-0.25, -0.2) is 0 Å². The molecule has 4 heteroatoms. The van der Waals surface area contributed by atoms with Crippen LogP contribution in [-0.2, 0) is 9.53 Å². The molecule has 1 aliphatic rings. The topological polar surface area (TPSA) is 50.4 Å². The van der Waals surface area contributed by atoms with E-state index in [0.717, 1.165) is 38.5 Å². The average molecular weight is 214 g/mol. The molecule has 2 N–H and O–H groups in total. The van der Waals surface area contributed by atoms with E-state index in [1.165, 1.54) is 6.42 Å². The molecule has 1 unspecified atom stereocenters. The first kappa shape index (κ1) is 12.5. The first-order valence-corrected chi connectivity index (χ1v) is 5.82.